The molecule has 0 heterocycles. The van der Waals surface area contributed by atoms with Crippen LogP contribution in [0.5, 0.6) is 11.5 Å². The minimum absolute atomic E-state index is 0.0912. The van der Waals surface area contributed by atoms with Crippen LogP contribution in [0.25, 0.3) is 0 Å². The number of aliphatic imine (C=N–C) groups is 1. The molecule has 0 saturated carbocycles. The average molecular weight is 287 g/mol. The quantitative estimate of drug-likeness (QED) is 0.355. The number of rotatable bonds is 5. The van der Waals surface area contributed by atoms with Crippen LogP contribution in [0.4, 0.5) is 0 Å². The van der Waals surface area contributed by atoms with Gasteiger partial charge in [0, 0.05) is 18.7 Å². The number of carbonyl (C=O) groups is 1. The van der Waals surface area contributed by atoms with Crippen LogP contribution < -0.4 is 4.74 Å². The Kier molecular flexibility index (Phi) is 5.02. The standard InChI is InChI=1S/C11H13NO6S/c1-8(13)18-10-2-3-11(14)9(6-10)7-12-4-5-19(15,16)17/h2-3,6-7,14H,4-5H2,1H3,(H,15,16,17). The summed E-state index contributed by atoms with van der Waals surface area (Å²) in [6.07, 6.45) is 1.23. The van der Waals surface area contributed by atoms with Gasteiger partial charge >= 0.3 is 5.97 Å². The van der Waals surface area contributed by atoms with Gasteiger partial charge in [-0.1, -0.05) is 0 Å². The molecule has 0 amide bonds. The van der Waals surface area contributed by atoms with Crippen molar-refractivity contribution in [2.24, 2.45) is 4.99 Å². The van der Waals surface area contributed by atoms with E-state index in [2.05, 4.69) is 4.99 Å². The van der Waals surface area contributed by atoms with Crippen molar-refractivity contribution in [3.05, 3.63) is 23.8 Å². The van der Waals surface area contributed by atoms with Crippen molar-refractivity contribution in [1.82, 2.24) is 0 Å². The zero-order valence-corrected chi connectivity index (χ0v) is 10.9. The maximum absolute atomic E-state index is 10.8. The Labute approximate surface area is 110 Å². The average Bonchev–Trinajstić information content (AvgIpc) is 2.26. The molecule has 0 bridgehead atoms. The first kappa shape index (κ1) is 15.1. The minimum atomic E-state index is -4.06. The Morgan fingerprint density at radius 2 is 2.16 bits per heavy atom. The highest BCUT2D eigenvalue weighted by atomic mass is 32.2. The molecule has 1 aromatic carbocycles. The van der Waals surface area contributed by atoms with E-state index in [0.29, 0.717) is 0 Å². The third-order valence-corrected chi connectivity index (χ3v) is 2.67. The van der Waals surface area contributed by atoms with Gasteiger partial charge in [0.15, 0.2) is 0 Å². The van der Waals surface area contributed by atoms with E-state index in [1.807, 2.05) is 0 Å². The number of ether oxygens (including phenoxy) is 1. The minimum Gasteiger partial charge on any atom is -0.507 e. The topological polar surface area (TPSA) is 113 Å². The van der Waals surface area contributed by atoms with Crippen LogP contribution in [-0.4, -0.2) is 42.6 Å². The number of carbonyl (C=O) groups excluding carboxylic acids is 1. The monoisotopic (exact) mass is 287 g/mol. The highest BCUT2D eigenvalue weighted by molar-refractivity contribution is 7.85. The molecular weight excluding hydrogens is 274 g/mol. The molecule has 0 atom stereocenters. The van der Waals surface area contributed by atoms with Crippen LogP contribution >= 0.6 is 0 Å². The molecule has 0 aliphatic rings. The summed E-state index contributed by atoms with van der Waals surface area (Å²) >= 11 is 0. The molecule has 0 aliphatic heterocycles. The highest BCUT2D eigenvalue weighted by Gasteiger charge is 2.04. The molecule has 104 valence electrons. The fraction of sp³-hybridized carbons (Fsp3) is 0.273. The summed E-state index contributed by atoms with van der Waals surface area (Å²) in [5.74, 6) is -0.860. The molecule has 0 fully saturated rings. The molecule has 8 heteroatoms. The first-order valence-electron chi connectivity index (χ1n) is 5.24. The van der Waals surface area contributed by atoms with E-state index in [1.54, 1.807) is 0 Å². The molecule has 7 nitrogen and oxygen atoms in total. The number of hydrogen-bond donors (Lipinski definition) is 2. The van der Waals surface area contributed by atoms with Crippen molar-refractivity contribution in [2.75, 3.05) is 12.3 Å². The molecule has 2 N–H and O–H groups in total. The van der Waals surface area contributed by atoms with Crippen molar-refractivity contribution in [3.8, 4) is 11.5 Å². The van der Waals surface area contributed by atoms with E-state index < -0.39 is 21.8 Å². The number of benzene rings is 1. The normalized spacial score (nSPS) is 11.7. The van der Waals surface area contributed by atoms with Crippen LogP contribution in [0.1, 0.15) is 12.5 Å². The van der Waals surface area contributed by atoms with Gasteiger partial charge in [-0.25, -0.2) is 0 Å². The summed E-state index contributed by atoms with van der Waals surface area (Å²) in [6.45, 7) is 1.10. The van der Waals surface area contributed by atoms with Gasteiger partial charge in [-0.15, -0.1) is 0 Å². The third kappa shape index (κ3) is 5.98. The van der Waals surface area contributed by atoms with Crippen molar-refractivity contribution >= 4 is 22.3 Å². The summed E-state index contributed by atoms with van der Waals surface area (Å²) in [7, 11) is -4.06. The number of phenolic OH excluding ortho intramolecular Hbond substituents is 1. The molecule has 0 radical (unpaired) electrons. The van der Waals surface area contributed by atoms with Gasteiger partial charge in [0.25, 0.3) is 10.1 Å². The second kappa shape index (κ2) is 6.30. The van der Waals surface area contributed by atoms with Crippen molar-refractivity contribution in [1.29, 1.82) is 0 Å². The van der Waals surface area contributed by atoms with Gasteiger partial charge in [0.1, 0.15) is 11.5 Å². The molecule has 0 aromatic heterocycles. The Balaban J connectivity index is 2.76. The lowest BCUT2D eigenvalue weighted by molar-refractivity contribution is -0.131. The number of aromatic hydroxyl groups is 1. The Morgan fingerprint density at radius 3 is 2.74 bits per heavy atom. The van der Waals surface area contributed by atoms with Gasteiger partial charge in [-0.2, -0.15) is 8.42 Å². The molecule has 1 aromatic rings. The number of phenols is 1. The van der Waals surface area contributed by atoms with Gasteiger partial charge in [0.2, 0.25) is 0 Å². The SMILES string of the molecule is CC(=O)Oc1ccc(O)c(C=NCCS(=O)(=O)O)c1. The molecule has 0 aliphatic carbocycles. The van der Waals surface area contributed by atoms with Crippen LogP contribution in [0, 0.1) is 0 Å². The summed E-state index contributed by atoms with van der Waals surface area (Å²) in [5.41, 5.74) is 0.272. The maximum atomic E-state index is 10.8. The van der Waals surface area contributed by atoms with Gasteiger partial charge in [0.05, 0.1) is 12.3 Å². The van der Waals surface area contributed by atoms with E-state index in [0.717, 1.165) is 0 Å². The van der Waals surface area contributed by atoms with E-state index >= 15 is 0 Å². The summed E-state index contributed by atoms with van der Waals surface area (Å²) in [6, 6.07) is 4.11. The molecule has 19 heavy (non-hydrogen) atoms. The number of hydrogen-bond acceptors (Lipinski definition) is 6. The molecule has 0 saturated heterocycles. The zero-order valence-electron chi connectivity index (χ0n) is 10.1. The van der Waals surface area contributed by atoms with Crippen molar-refractivity contribution in [2.45, 2.75) is 6.92 Å². The van der Waals surface area contributed by atoms with Crippen LogP contribution in [-0.2, 0) is 14.9 Å². The van der Waals surface area contributed by atoms with Crippen LogP contribution in [0.15, 0.2) is 23.2 Å². The molecule has 0 unspecified atom stereocenters. The Morgan fingerprint density at radius 1 is 1.47 bits per heavy atom. The Bertz CT molecular complexity index is 593. The van der Waals surface area contributed by atoms with Crippen molar-refractivity contribution < 1.29 is 27.6 Å². The number of esters is 1. The second-order valence-corrected chi connectivity index (χ2v) is 5.21. The van der Waals surface area contributed by atoms with E-state index in [1.165, 1.54) is 31.3 Å². The largest absolute Gasteiger partial charge is 0.507 e. The summed E-state index contributed by atoms with van der Waals surface area (Å²) in [5, 5.41) is 9.53. The smallest absolute Gasteiger partial charge is 0.308 e. The summed E-state index contributed by atoms with van der Waals surface area (Å²) in [4.78, 5) is 14.5. The molecule has 0 spiro atoms. The fourth-order valence-corrected chi connectivity index (χ4v) is 1.53. The van der Waals surface area contributed by atoms with E-state index in [4.69, 9.17) is 9.29 Å². The molecular formula is C11H13NO6S. The highest BCUT2D eigenvalue weighted by Crippen LogP contribution is 2.21. The van der Waals surface area contributed by atoms with Crippen LogP contribution in [0.2, 0.25) is 0 Å². The van der Waals surface area contributed by atoms with Gasteiger partial charge < -0.3 is 9.84 Å². The third-order valence-electron chi connectivity index (χ3n) is 1.97. The van der Waals surface area contributed by atoms with Gasteiger partial charge in [-0.05, 0) is 18.2 Å². The predicted octanol–water partition coefficient (Wildman–Crippen LogP) is 0.624. The lowest BCUT2D eigenvalue weighted by Crippen LogP contribution is -2.06. The van der Waals surface area contributed by atoms with E-state index in [-0.39, 0.29) is 23.6 Å². The van der Waals surface area contributed by atoms with E-state index in [9.17, 15) is 18.3 Å². The van der Waals surface area contributed by atoms with Crippen molar-refractivity contribution in [3.63, 3.8) is 0 Å². The summed E-state index contributed by atoms with van der Waals surface area (Å²) < 4.78 is 34.2. The van der Waals surface area contributed by atoms with Gasteiger partial charge in [-0.3, -0.25) is 14.3 Å². The zero-order chi connectivity index (χ0) is 14.5. The first-order chi connectivity index (χ1) is 8.78. The lowest BCUT2D eigenvalue weighted by atomic mass is 10.2. The molecule has 1 rings (SSSR count). The second-order valence-electron chi connectivity index (χ2n) is 3.64. The Hall–Kier alpha value is -1.93. The lowest BCUT2D eigenvalue weighted by Gasteiger charge is -2.03. The predicted molar refractivity (Wildman–Crippen MR) is 68.3 cm³/mol. The maximum Gasteiger partial charge on any atom is 0.308 e. The van der Waals surface area contributed by atoms with Crippen LogP contribution in [0.3, 0.4) is 0 Å². The first-order valence-corrected chi connectivity index (χ1v) is 6.85. The number of nitrogens with zero attached hydrogens (tertiary/aromatic N) is 1. The fourth-order valence-electron chi connectivity index (χ4n) is 1.20.